The van der Waals surface area contributed by atoms with Crippen molar-refractivity contribution in [1.82, 2.24) is 15.0 Å². The van der Waals surface area contributed by atoms with Gasteiger partial charge in [-0.05, 0) is 55.0 Å². The van der Waals surface area contributed by atoms with Gasteiger partial charge in [0.1, 0.15) is 5.01 Å². The fraction of sp³-hybridized carbons (Fsp3) is 0.217. The first kappa shape index (κ1) is 19.1. The van der Waals surface area contributed by atoms with Gasteiger partial charge in [-0.15, -0.1) is 22.7 Å². The van der Waals surface area contributed by atoms with E-state index < -0.39 is 0 Å². The lowest BCUT2D eigenvalue weighted by Gasteiger charge is -2.16. The van der Waals surface area contributed by atoms with Gasteiger partial charge in [-0.3, -0.25) is 9.78 Å². The maximum absolute atomic E-state index is 12.5. The van der Waals surface area contributed by atoms with Gasteiger partial charge in [-0.2, -0.15) is 0 Å². The predicted octanol–water partition coefficient (Wildman–Crippen LogP) is 5.39. The van der Waals surface area contributed by atoms with Gasteiger partial charge in [0.2, 0.25) is 5.91 Å². The predicted molar refractivity (Wildman–Crippen MR) is 122 cm³/mol. The number of amides is 1. The van der Waals surface area contributed by atoms with E-state index in [9.17, 15) is 4.79 Å². The summed E-state index contributed by atoms with van der Waals surface area (Å²) in [4.78, 5) is 25.9. The Morgan fingerprint density at radius 3 is 2.73 bits per heavy atom. The molecule has 0 atom stereocenters. The third-order valence-electron chi connectivity index (χ3n) is 5.17. The van der Waals surface area contributed by atoms with Crippen LogP contribution in [0, 0.1) is 0 Å². The van der Waals surface area contributed by atoms with Crippen LogP contribution in [-0.4, -0.2) is 20.9 Å². The highest BCUT2D eigenvalue weighted by Crippen LogP contribution is 2.30. The molecule has 7 heteroatoms. The van der Waals surface area contributed by atoms with Gasteiger partial charge >= 0.3 is 0 Å². The van der Waals surface area contributed by atoms with Gasteiger partial charge in [0.15, 0.2) is 5.13 Å². The summed E-state index contributed by atoms with van der Waals surface area (Å²) in [5.41, 5.74) is 6.49. The van der Waals surface area contributed by atoms with Crippen molar-refractivity contribution in [2.45, 2.75) is 32.1 Å². The molecule has 1 N–H and O–H groups in total. The van der Waals surface area contributed by atoms with Crippen molar-refractivity contribution in [2.75, 3.05) is 5.32 Å². The second kappa shape index (κ2) is 8.45. The quantitative estimate of drug-likeness (QED) is 0.459. The normalized spacial score (nSPS) is 13.1. The van der Waals surface area contributed by atoms with Crippen LogP contribution >= 0.6 is 22.7 Å². The molecule has 0 bridgehead atoms. The van der Waals surface area contributed by atoms with Crippen molar-refractivity contribution in [3.63, 3.8) is 0 Å². The van der Waals surface area contributed by atoms with Crippen LogP contribution in [-0.2, 0) is 24.1 Å². The lowest BCUT2D eigenvalue weighted by Crippen LogP contribution is -2.14. The molecule has 3 heterocycles. The minimum Gasteiger partial charge on any atom is -0.302 e. The van der Waals surface area contributed by atoms with E-state index in [0.717, 1.165) is 34.1 Å². The number of aromatic nitrogens is 3. The number of hydrogen-bond donors (Lipinski definition) is 1. The molecule has 3 aromatic heterocycles. The fourth-order valence-corrected chi connectivity index (χ4v) is 5.21. The molecule has 30 heavy (non-hydrogen) atoms. The molecule has 1 aliphatic carbocycles. The first-order valence-electron chi connectivity index (χ1n) is 9.98. The van der Waals surface area contributed by atoms with Crippen LogP contribution in [0.1, 0.15) is 29.7 Å². The maximum Gasteiger partial charge on any atom is 0.232 e. The van der Waals surface area contributed by atoms with Crippen molar-refractivity contribution in [1.29, 1.82) is 0 Å². The molecular formula is C23H20N4OS2. The van der Waals surface area contributed by atoms with Crippen LogP contribution in [0.25, 0.3) is 22.0 Å². The van der Waals surface area contributed by atoms with Crippen LogP contribution < -0.4 is 5.32 Å². The van der Waals surface area contributed by atoms with Crippen molar-refractivity contribution in [3.05, 3.63) is 70.2 Å². The van der Waals surface area contributed by atoms with E-state index in [-0.39, 0.29) is 12.3 Å². The van der Waals surface area contributed by atoms with Gasteiger partial charge in [0.05, 0.1) is 23.5 Å². The molecule has 5 nitrogen and oxygen atoms in total. The van der Waals surface area contributed by atoms with Crippen LogP contribution in [0.2, 0.25) is 0 Å². The van der Waals surface area contributed by atoms with Crippen LogP contribution in [0.4, 0.5) is 5.13 Å². The molecule has 4 aromatic rings. The Labute approximate surface area is 182 Å². The third kappa shape index (κ3) is 4.17. The highest BCUT2D eigenvalue weighted by molar-refractivity contribution is 7.14. The molecule has 0 radical (unpaired) electrons. The van der Waals surface area contributed by atoms with Crippen molar-refractivity contribution in [2.24, 2.45) is 0 Å². The Morgan fingerprint density at radius 2 is 1.87 bits per heavy atom. The molecule has 1 aromatic carbocycles. The van der Waals surface area contributed by atoms with Crippen molar-refractivity contribution < 1.29 is 4.79 Å². The summed E-state index contributed by atoms with van der Waals surface area (Å²) in [6, 6.07) is 12.3. The average molecular weight is 433 g/mol. The van der Waals surface area contributed by atoms with Crippen LogP contribution in [0.15, 0.2) is 53.4 Å². The summed E-state index contributed by atoms with van der Waals surface area (Å²) in [5, 5.41) is 8.26. The fourth-order valence-electron chi connectivity index (χ4n) is 3.68. The number of anilines is 1. The Hall–Kier alpha value is -2.90. The summed E-state index contributed by atoms with van der Waals surface area (Å²) in [6.07, 6.45) is 6.82. The number of carbonyl (C=O) groups excluding carboxylic acids is 1. The van der Waals surface area contributed by atoms with Gasteiger partial charge in [-0.25, -0.2) is 9.97 Å². The first-order chi connectivity index (χ1) is 14.7. The Morgan fingerprint density at radius 1 is 0.967 bits per heavy atom. The van der Waals surface area contributed by atoms with Gasteiger partial charge in [0.25, 0.3) is 0 Å². The molecule has 0 fully saturated rings. The number of rotatable bonds is 5. The van der Waals surface area contributed by atoms with E-state index in [4.69, 9.17) is 0 Å². The maximum atomic E-state index is 12.5. The minimum absolute atomic E-state index is 0.112. The average Bonchev–Trinajstić information content (AvgIpc) is 3.44. The molecule has 0 spiro atoms. The minimum atomic E-state index is -0.112. The summed E-state index contributed by atoms with van der Waals surface area (Å²) >= 11 is 2.95. The van der Waals surface area contributed by atoms with Crippen molar-refractivity contribution >= 4 is 33.7 Å². The van der Waals surface area contributed by atoms with E-state index in [2.05, 4.69) is 38.5 Å². The molecule has 0 aliphatic heterocycles. The number of aryl methyl sites for hydroxylation is 2. The van der Waals surface area contributed by atoms with E-state index in [0.29, 0.717) is 5.13 Å². The summed E-state index contributed by atoms with van der Waals surface area (Å²) in [5.74, 6) is -0.112. The molecule has 150 valence electrons. The topological polar surface area (TPSA) is 67.8 Å². The molecule has 5 rings (SSSR count). The smallest absolute Gasteiger partial charge is 0.232 e. The number of fused-ring (bicyclic) bond motifs is 1. The number of nitrogens with one attached hydrogen (secondary N) is 1. The highest BCUT2D eigenvalue weighted by Gasteiger charge is 2.14. The summed E-state index contributed by atoms with van der Waals surface area (Å²) in [7, 11) is 0. The van der Waals surface area contributed by atoms with E-state index in [1.165, 1.54) is 53.1 Å². The van der Waals surface area contributed by atoms with E-state index >= 15 is 0 Å². The zero-order valence-corrected chi connectivity index (χ0v) is 17.9. The molecule has 1 aliphatic rings. The number of carbonyl (C=O) groups is 1. The second-order valence-electron chi connectivity index (χ2n) is 7.31. The molecule has 0 saturated carbocycles. The van der Waals surface area contributed by atoms with Crippen LogP contribution in [0.5, 0.6) is 0 Å². The lowest BCUT2D eigenvalue weighted by atomic mass is 9.90. The summed E-state index contributed by atoms with van der Waals surface area (Å²) in [6.45, 7) is 0. The Kier molecular flexibility index (Phi) is 5.38. The van der Waals surface area contributed by atoms with Crippen molar-refractivity contribution in [3.8, 4) is 22.0 Å². The first-order valence-corrected chi connectivity index (χ1v) is 11.7. The second-order valence-corrected chi connectivity index (χ2v) is 9.03. The standard InChI is InChI=1S/C23H20N4OS2/c28-21(12-18-13-29-22(25-18)19-7-3-4-10-24-19)27-23-26-20(14-30-23)17-9-8-15-5-1-2-6-16(15)11-17/h3-4,7-11,13-14H,1-2,5-6,12H2,(H,26,27,28). The number of pyridine rings is 1. The number of thiazole rings is 2. The molecule has 0 saturated heterocycles. The number of nitrogens with zero attached hydrogens (tertiary/aromatic N) is 3. The van der Waals surface area contributed by atoms with E-state index in [1.54, 1.807) is 6.20 Å². The Balaban J connectivity index is 1.24. The summed E-state index contributed by atoms with van der Waals surface area (Å²) < 4.78 is 0. The monoisotopic (exact) mass is 432 g/mol. The Bertz CT molecular complexity index is 1180. The number of hydrogen-bond acceptors (Lipinski definition) is 6. The van der Waals surface area contributed by atoms with Crippen LogP contribution in [0.3, 0.4) is 0 Å². The zero-order chi connectivity index (χ0) is 20.3. The number of benzene rings is 1. The largest absolute Gasteiger partial charge is 0.302 e. The highest BCUT2D eigenvalue weighted by atomic mass is 32.1. The van der Waals surface area contributed by atoms with Gasteiger partial charge in [-0.1, -0.05) is 18.2 Å². The van der Waals surface area contributed by atoms with Gasteiger partial charge < -0.3 is 5.32 Å². The van der Waals surface area contributed by atoms with E-state index in [1.807, 2.05) is 29.0 Å². The molecule has 0 unspecified atom stereocenters. The van der Waals surface area contributed by atoms with Gasteiger partial charge in [0, 0.05) is 22.5 Å². The third-order valence-corrected chi connectivity index (χ3v) is 6.84. The lowest BCUT2D eigenvalue weighted by molar-refractivity contribution is -0.115. The SMILES string of the molecule is O=C(Cc1csc(-c2ccccn2)n1)Nc1nc(-c2ccc3c(c2)CCCC3)cs1. The molecule has 1 amide bonds. The zero-order valence-electron chi connectivity index (χ0n) is 16.3. The molecular weight excluding hydrogens is 412 g/mol.